The van der Waals surface area contributed by atoms with Gasteiger partial charge in [0.15, 0.2) is 0 Å². The van der Waals surface area contributed by atoms with E-state index >= 15 is 0 Å². The van der Waals surface area contributed by atoms with Gasteiger partial charge in [0, 0.05) is 12.8 Å². The molecule has 0 amide bonds. The van der Waals surface area contributed by atoms with Crippen LogP contribution in [0.5, 0.6) is 0 Å². The molecule has 4 nitrogen and oxygen atoms in total. The van der Waals surface area contributed by atoms with E-state index < -0.39 is 9.84 Å². The lowest BCUT2D eigenvalue weighted by Gasteiger charge is -2.05. The van der Waals surface area contributed by atoms with Crippen LogP contribution < -0.4 is 0 Å². The summed E-state index contributed by atoms with van der Waals surface area (Å²) in [5, 5.41) is 0. The van der Waals surface area contributed by atoms with Crippen LogP contribution in [0.2, 0.25) is 0 Å². The SMILES string of the molecule is Cc1nc2ccccc2n1CCCS(C)(=O)=O. The zero-order valence-electron chi connectivity index (χ0n) is 10.0. The molecular weight excluding hydrogens is 236 g/mol. The molecule has 1 aromatic carbocycles. The summed E-state index contributed by atoms with van der Waals surface area (Å²) in [6.45, 7) is 2.64. The normalized spacial score (nSPS) is 12.1. The van der Waals surface area contributed by atoms with Crippen LogP contribution in [0.4, 0.5) is 0 Å². The first-order valence-corrected chi connectivity index (χ1v) is 7.63. The number of nitrogens with zero attached hydrogens (tertiary/aromatic N) is 2. The van der Waals surface area contributed by atoms with Crippen LogP contribution in [0.25, 0.3) is 11.0 Å². The summed E-state index contributed by atoms with van der Waals surface area (Å²) in [4.78, 5) is 4.44. The standard InChI is InChI=1S/C12H16N2O2S/c1-10-13-11-6-3-4-7-12(11)14(10)8-5-9-17(2,15)16/h3-4,6-7H,5,8-9H2,1-2H3. The Morgan fingerprint density at radius 1 is 1.29 bits per heavy atom. The zero-order valence-corrected chi connectivity index (χ0v) is 10.9. The van der Waals surface area contributed by atoms with E-state index in [0.717, 1.165) is 16.9 Å². The van der Waals surface area contributed by atoms with Gasteiger partial charge in [-0.25, -0.2) is 13.4 Å². The maximum absolute atomic E-state index is 11.1. The van der Waals surface area contributed by atoms with Crippen molar-refractivity contribution in [2.45, 2.75) is 19.9 Å². The zero-order chi connectivity index (χ0) is 12.5. The number of benzene rings is 1. The fourth-order valence-electron chi connectivity index (χ4n) is 1.96. The minimum Gasteiger partial charge on any atom is -0.328 e. The lowest BCUT2D eigenvalue weighted by molar-refractivity contribution is 0.592. The van der Waals surface area contributed by atoms with Crippen molar-refractivity contribution >= 4 is 20.9 Å². The van der Waals surface area contributed by atoms with E-state index in [-0.39, 0.29) is 5.75 Å². The van der Waals surface area contributed by atoms with Gasteiger partial charge in [0.05, 0.1) is 16.8 Å². The second kappa shape index (κ2) is 4.49. The third kappa shape index (κ3) is 2.85. The molecular formula is C12H16N2O2S. The first-order valence-electron chi connectivity index (χ1n) is 5.57. The van der Waals surface area contributed by atoms with Crippen LogP contribution in [0.3, 0.4) is 0 Å². The molecule has 1 aromatic heterocycles. The first-order chi connectivity index (χ1) is 7.97. The maximum Gasteiger partial charge on any atom is 0.147 e. The van der Waals surface area contributed by atoms with Gasteiger partial charge in [0.2, 0.25) is 0 Å². The Labute approximate surface area is 101 Å². The van der Waals surface area contributed by atoms with Gasteiger partial charge >= 0.3 is 0 Å². The quantitative estimate of drug-likeness (QED) is 0.833. The molecule has 2 aromatic rings. The van der Waals surface area contributed by atoms with Gasteiger partial charge in [-0.15, -0.1) is 0 Å². The van der Waals surface area contributed by atoms with Crippen molar-refractivity contribution in [2.24, 2.45) is 0 Å². The molecule has 0 fully saturated rings. The van der Waals surface area contributed by atoms with Gasteiger partial charge in [-0.1, -0.05) is 12.1 Å². The van der Waals surface area contributed by atoms with Crippen LogP contribution in [0, 0.1) is 6.92 Å². The van der Waals surface area contributed by atoms with Crippen LogP contribution in [0.1, 0.15) is 12.2 Å². The van der Waals surface area contributed by atoms with Gasteiger partial charge in [0.1, 0.15) is 15.7 Å². The number of hydrogen-bond acceptors (Lipinski definition) is 3. The molecule has 17 heavy (non-hydrogen) atoms. The highest BCUT2D eigenvalue weighted by atomic mass is 32.2. The van der Waals surface area contributed by atoms with E-state index in [1.807, 2.05) is 31.2 Å². The van der Waals surface area contributed by atoms with Gasteiger partial charge in [0.25, 0.3) is 0 Å². The van der Waals surface area contributed by atoms with Crippen LogP contribution >= 0.6 is 0 Å². The second-order valence-electron chi connectivity index (χ2n) is 4.28. The van der Waals surface area contributed by atoms with Gasteiger partial charge in [-0.05, 0) is 25.5 Å². The van der Waals surface area contributed by atoms with Crippen LogP contribution in [-0.2, 0) is 16.4 Å². The van der Waals surface area contributed by atoms with E-state index in [2.05, 4.69) is 9.55 Å². The summed E-state index contributed by atoms with van der Waals surface area (Å²) in [5.74, 6) is 1.15. The average molecular weight is 252 g/mol. The molecule has 0 spiro atoms. The van der Waals surface area contributed by atoms with E-state index in [9.17, 15) is 8.42 Å². The van der Waals surface area contributed by atoms with Crippen molar-refractivity contribution in [1.29, 1.82) is 0 Å². The van der Waals surface area contributed by atoms with Crippen molar-refractivity contribution in [2.75, 3.05) is 12.0 Å². The Kier molecular flexibility index (Phi) is 3.19. The molecule has 0 radical (unpaired) electrons. The van der Waals surface area contributed by atoms with Gasteiger partial charge in [-0.2, -0.15) is 0 Å². The molecule has 0 aliphatic heterocycles. The van der Waals surface area contributed by atoms with E-state index in [1.165, 1.54) is 6.26 Å². The molecule has 0 bridgehead atoms. The minimum absolute atomic E-state index is 0.221. The van der Waals surface area contributed by atoms with Gasteiger partial charge in [-0.3, -0.25) is 0 Å². The predicted octanol–water partition coefficient (Wildman–Crippen LogP) is 1.78. The Hall–Kier alpha value is -1.36. The van der Waals surface area contributed by atoms with Gasteiger partial charge < -0.3 is 4.57 Å². The Balaban J connectivity index is 2.21. The number of rotatable bonds is 4. The van der Waals surface area contributed by atoms with E-state index in [4.69, 9.17) is 0 Å². The molecule has 0 atom stereocenters. The molecule has 0 aliphatic carbocycles. The molecule has 92 valence electrons. The van der Waals surface area contributed by atoms with Crippen LogP contribution in [-0.4, -0.2) is 30.0 Å². The summed E-state index contributed by atoms with van der Waals surface area (Å²) in [7, 11) is -2.88. The molecule has 1 heterocycles. The van der Waals surface area contributed by atoms with E-state index in [0.29, 0.717) is 13.0 Å². The fraction of sp³-hybridized carbons (Fsp3) is 0.417. The largest absolute Gasteiger partial charge is 0.328 e. The number of sulfone groups is 1. The number of hydrogen-bond donors (Lipinski definition) is 0. The molecule has 0 N–H and O–H groups in total. The van der Waals surface area contributed by atoms with E-state index in [1.54, 1.807) is 0 Å². The smallest absolute Gasteiger partial charge is 0.147 e. The summed E-state index contributed by atoms with van der Waals surface area (Å²) in [6, 6.07) is 7.90. The number of fused-ring (bicyclic) bond motifs is 1. The summed E-state index contributed by atoms with van der Waals surface area (Å²) < 4.78 is 24.2. The molecule has 0 unspecified atom stereocenters. The second-order valence-corrected chi connectivity index (χ2v) is 6.54. The number of aryl methyl sites for hydroxylation is 2. The van der Waals surface area contributed by atoms with Crippen LogP contribution in [0.15, 0.2) is 24.3 Å². The van der Waals surface area contributed by atoms with Crippen molar-refractivity contribution < 1.29 is 8.42 Å². The Morgan fingerprint density at radius 3 is 2.71 bits per heavy atom. The molecule has 0 saturated heterocycles. The highest BCUT2D eigenvalue weighted by Gasteiger charge is 2.07. The lowest BCUT2D eigenvalue weighted by Crippen LogP contribution is -2.08. The lowest BCUT2D eigenvalue weighted by atomic mass is 10.3. The maximum atomic E-state index is 11.1. The minimum atomic E-state index is -2.88. The highest BCUT2D eigenvalue weighted by molar-refractivity contribution is 7.90. The number of aromatic nitrogens is 2. The molecule has 0 aliphatic rings. The van der Waals surface area contributed by atoms with Crippen molar-refractivity contribution in [1.82, 2.24) is 9.55 Å². The third-order valence-corrected chi connectivity index (χ3v) is 3.77. The molecule has 2 rings (SSSR count). The topological polar surface area (TPSA) is 52.0 Å². The third-order valence-electron chi connectivity index (χ3n) is 2.74. The summed E-state index contributed by atoms with van der Waals surface area (Å²) >= 11 is 0. The average Bonchev–Trinajstić information content (AvgIpc) is 2.54. The molecule has 0 saturated carbocycles. The Bertz CT molecular complexity index is 629. The summed E-state index contributed by atoms with van der Waals surface area (Å²) in [6.07, 6.45) is 1.89. The highest BCUT2D eigenvalue weighted by Crippen LogP contribution is 2.15. The monoisotopic (exact) mass is 252 g/mol. The Morgan fingerprint density at radius 2 is 2.00 bits per heavy atom. The molecule has 5 heteroatoms. The fourth-order valence-corrected chi connectivity index (χ4v) is 2.62. The predicted molar refractivity (Wildman–Crippen MR) is 68.8 cm³/mol. The first kappa shape index (κ1) is 12.1. The number of imidazole rings is 1. The summed E-state index contributed by atoms with van der Waals surface area (Å²) in [5.41, 5.74) is 2.03. The van der Waals surface area contributed by atoms with Crippen molar-refractivity contribution in [3.63, 3.8) is 0 Å². The van der Waals surface area contributed by atoms with Crippen molar-refractivity contribution in [3.05, 3.63) is 30.1 Å². The van der Waals surface area contributed by atoms with Crippen molar-refractivity contribution in [3.8, 4) is 0 Å². The number of para-hydroxylation sites is 2.